The minimum absolute atomic E-state index is 0.107. The largest absolute Gasteiger partial charge is 0.394 e. The summed E-state index contributed by atoms with van der Waals surface area (Å²) in [6.07, 6.45) is 10.9. The lowest BCUT2D eigenvalue weighted by Crippen LogP contribution is -2.15. The number of hydrogen-bond acceptors (Lipinski definition) is 3. The van der Waals surface area contributed by atoms with E-state index < -0.39 is 6.04 Å². The van der Waals surface area contributed by atoms with Gasteiger partial charge in [-0.25, -0.2) is 4.98 Å². The van der Waals surface area contributed by atoms with Crippen LogP contribution in [0.2, 0.25) is 0 Å². The third-order valence-electron chi connectivity index (χ3n) is 4.23. The van der Waals surface area contributed by atoms with Gasteiger partial charge in [0.05, 0.1) is 24.5 Å². The summed E-state index contributed by atoms with van der Waals surface area (Å²) in [5.41, 5.74) is 9.19. The molecule has 1 aromatic heterocycles. The molecule has 1 atom stereocenters. The monoisotopic (exact) mass is 315 g/mol. The van der Waals surface area contributed by atoms with Crippen molar-refractivity contribution < 1.29 is 5.11 Å². The Morgan fingerprint density at radius 2 is 1.78 bits per heavy atom. The zero-order chi connectivity index (χ0) is 16.5. The molecular formula is C19H29N3O. The van der Waals surface area contributed by atoms with Crippen molar-refractivity contribution in [3.8, 4) is 11.3 Å². The zero-order valence-corrected chi connectivity index (χ0v) is 14.1. The Hall–Kier alpha value is -1.65. The molecule has 0 bridgehead atoms. The van der Waals surface area contributed by atoms with Crippen LogP contribution in [0.1, 0.15) is 62.9 Å². The Kier molecular flexibility index (Phi) is 7.30. The van der Waals surface area contributed by atoms with Crippen LogP contribution in [0.3, 0.4) is 0 Å². The average molecular weight is 315 g/mol. The van der Waals surface area contributed by atoms with E-state index in [9.17, 15) is 0 Å². The molecule has 4 heteroatoms. The smallest absolute Gasteiger partial charge is 0.125 e. The van der Waals surface area contributed by atoms with E-state index in [4.69, 9.17) is 10.8 Å². The molecule has 0 fully saturated rings. The van der Waals surface area contributed by atoms with E-state index in [0.29, 0.717) is 5.82 Å². The summed E-state index contributed by atoms with van der Waals surface area (Å²) in [4.78, 5) is 7.41. The van der Waals surface area contributed by atoms with Gasteiger partial charge < -0.3 is 15.8 Å². The molecule has 0 saturated heterocycles. The lowest BCUT2D eigenvalue weighted by molar-refractivity contribution is 0.264. The van der Waals surface area contributed by atoms with E-state index in [1.807, 2.05) is 0 Å². The number of nitrogens with zero attached hydrogens (tertiary/aromatic N) is 1. The first-order valence-electron chi connectivity index (χ1n) is 8.75. The van der Waals surface area contributed by atoms with Gasteiger partial charge in [0, 0.05) is 0 Å². The molecule has 0 saturated carbocycles. The molecule has 0 unspecified atom stereocenters. The highest BCUT2D eigenvalue weighted by atomic mass is 16.3. The standard InChI is InChI=1S/C19H29N3O/c1-2-3-4-5-6-7-8-15-9-11-16(12-10-15)18-13-21-19(22-18)17(20)14-23/h9-13,17,23H,2-8,14,20H2,1H3,(H,21,22)/t17-/m1/s1. The van der Waals surface area contributed by atoms with Crippen LogP contribution in [0.5, 0.6) is 0 Å². The molecule has 0 amide bonds. The summed E-state index contributed by atoms with van der Waals surface area (Å²) in [6, 6.07) is 8.17. The molecule has 1 heterocycles. The third kappa shape index (κ3) is 5.48. The van der Waals surface area contributed by atoms with Crippen LogP contribution in [0.25, 0.3) is 11.3 Å². The number of aromatic nitrogens is 2. The summed E-state index contributed by atoms with van der Waals surface area (Å²) in [5.74, 6) is 0.624. The molecule has 0 spiro atoms. The average Bonchev–Trinajstić information content (AvgIpc) is 3.08. The van der Waals surface area contributed by atoms with E-state index in [-0.39, 0.29) is 6.61 Å². The van der Waals surface area contributed by atoms with Crippen molar-refractivity contribution in [1.82, 2.24) is 9.97 Å². The Labute approximate surface area is 139 Å². The van der Waals surface area contributed by atoms with Gasteiger partial charge in [-0.1, -0.05) is 63.3 Å². The molecule has 1 aromatic carbocycles. The second kappa shape index (κ2) is 9.48. The number of aliphatic hydroxyl groups excluding tert-OH is 1. The molecule has 4 nitrogen and oxygen atoms in total. The molecule has 126 valence electrons. The lowest BCUT2D eigenvalue weighted by atomic mass is 10.0. The van der Waals surface area contributed by atoms with Gasteiger partial charge in [0.1, 0.15) is 5.82 Å². The molecule has 0 aliphatic carbocycles. The van der Waals surface area contributed by atoms with Crippen LogP contribution in [-0.2, 0) is 6.42 Å². The normalized spacial score (nSPS) is 12.5. The number of aromatic amines is 1. The van der Waals surface area contributed by atoms with Crippen LogP contribution in [0.15, 0.2) is 30.5 Å². The number of unbranched alkanes of at least 4 members (excludes halogenated alkanes) is 5. The highest BCUT2D eigenvalue weighted by molar-refractivity contribution is 5.58. The van der Waals surface area contributed by atoms with Crippen LogP contribution in [0, 0.1) is 0 Å². The quantitative estimate of drug-likeness (QED) is 0.581. The Morgan fingerprint density at radius 1 is 1.09 bits per heavy atom. The molecular weight excluding hydrogens is 286 g/mol. The first-order valence-corrected chi connectivity index (χ1v) is 8.75. The van der Waals surface area contributed by atoms with Crippen LogP contribution in [0.4, 0.5) is 0 Å². The summed E-state index contributed by atoms with van der Waals surface area (Å²) in [7, 11) is 0. The second-order valence-corrected chi connectivity index (χ2v) is 6.19. The first-order chi connectivity index (χ1) is 11.2. The maximum Gasteiger partial charge on any atom is 0.125 e. The van der Waals surface area contributed by atoms with Crippen molar-refractivity contribution in [1.29, 1.82) is 0 Å². The number of benzene rings is 1. The van der Waals surface area contributed by atoms with E-state index >= 15 is 0 Å². The third-order valence-corrected chi connectivity index (χ3v) is 4.23. The Morgan fingerprint density at radius 3 is 2.48 bits per heavy atom. The highest BCUT2D eigenvalue weighted by Crippen LogP contribution is 2.20. The SMILES string of the molecule is CCCCCCCCc1ccc(-c2cnc([C@H](N)CO)[nH]2)cc1. The fourth-order valence-electron chi connectivity index (χ4n) is 2.72. The number of hydrogen-bond donors (Lipinski definition) is 3. The topological polar surface area (TPSA) is 74.9 Å². The molecule has 0 radical (unpaired) electrons. The fourth-order valence-corrected chi connectivity index (χ4v) is 2.72. The van der Waals surface area contributed by atoms with Gasteiger partial charge in [-0.15, -0.1) is 0 Å². The van der Waals surface area contributed by atoms with Crippen molar-refractivity contribution in [2.45, 2.75) is 57.9 Å². The van der Waals surface area contributed by atoms with E-state index in [2.05, 4.69) is 41.2 Å². The summed E-state index contributed by atoms with van der Waals surface area (Å²) < 4.78 is 0. The van der Waals surface area contributed by atoms with E-state index in [1.54, 1.807) is 6.20 Å². The van der Waals surface area contributed by atoms with Crippen molar-refractivity contribution in [2.24, 2.45) is 5.73 Å². The summed E-state index contributed by atoms with van der Waals surface area (Å²) in [5, 5.41) is 9.07. The van der Waals surface area contributed by atoms with Gasteiger partial charge in [0.2, 0.25) is 0 Å². The van der Waals surface area contributed by atoms with E-state index in [1.165, 1.54) is 44.1 Å². The molecule has 0 aliphatic heterocycles. The van der Waals surface area contributed by atoms with Crippen LogP contribution < -0.4 is 5.73 Å². The molecule has 23 heavy (non-hydrogen) atoms. The van der Waals surface area contributed by atoms with Gasteiger partial charge in [0.25, 0.3) is 0 Å². The van der Waals surface area contributed by atoms with Crippen molar-refractivity contribution in [3.05, 3.63) is 41.9 Å². The predicted molar refractivity (Wildman–Crippen MR) is 95.1 cm³/mol. The Bertz CT molecular complexity index is 562. The Balaban J connectivity index is 1.83. The first kappa shape index (κ1) is 17.7. The maximum atomic E-state index is 9.07. The molecule has 4 N–H and O–H groups in total. The van der Waals surface area contributed by atoms with Gasteiger partial charge in [-0.3, -0.25) is 0 Å². The number of nitrogens with one attached hydrogen (secondary N) is 1. The van der Waals surface area contributed by atoms with E-state index in [0.717, 1.165) is 17.7 Å². The number of aryl methyl sites for hydroxylation is 1. The van der Waals surface area contributed by atoms with Crippen molar-refractivity contribution in [2.75, 3.05) is 6.61 Å². The summed E-state index contributed by atoms with van der Waals surface area (Å²) >= 11 is 0. The molecule has 2 rings (SSSR count). The number of imidazole rings is 1. The molecule has 0 aliphatic rings. The van der Waals surface area contributed by atoms with Crippen LogP contribution in [-0.4, -0.2) is 21.7 Å². The number of nitrogens with two attached hydrogens (primary N) is 1. The van der Waals surface area contributed by atoms with Gasteiger partial charge in [0.15, 0.2) is 0 Å². The number of aliphatic hydroxyl groups is 1. The predicted octanol–water partition coefficient (Wildman–Crippen LogP) is 3.97. The maximum absolute atomic E-state index is 9.07. The summed E-state index contributed by atoms with van der Waals surface area (Å²) in [6.45, 7) is 2.14. The number of rotatable bonds is 10. The van der Waals surface area contributed by atoms with Gasteiger partial charge in [-0.05, 0) is 24.0 Å². The fraction of sp³-hybridized carbons (Fsp3) is 0.526. The molecule has 2 aromatic rings. The number of H-pyrrole nitrogens is 1. The van der Waals surface area contributed by atoms with Crippen molar-refractivity contribution >= 4 is 0 Å². The van der Waals surface area contributed by atoms with Crippen molar-refractivity contribution in [3.63, 3.8) is 0 Å². The highest BCUT2D eigenvalue weighted by Gasteiger charge is 2.09. The minimum Gasteiger partial charge on any atom is -0.394 e. The van der Waals surface area contributed by atoms with Gasteiger partial charge in [-0.2, -0.15) is 0 Å². The van der Waals surface area contributed by atoms with Crippen LogP contribution >= 0.6 is 0 Å². The second-order valence-electron chi connectivity index (χ2n) is 6.19. The van der Waals surface area contributed by atoms with Gasteiger partial charge >= 0.3 is 0 Å². The minimum atomic E-state index is -0.448. The zero-order valence-electron chi connectivity index (χ0n) is 14.1. The lowest BCUT2D eigenvalue weighted by Gasteiger charge is -2.05.